The van der Waals surface area contributed by atoms with Crippen LogP contribution < -0.4 is 34.3 Å². The van der Waals surface area contributed by atoms with Gasteiger partial charge in [-0.3, -0.25) is 4.79 Å². The molecule has 0 saturated carbocycles. The highest BCUT2D eigenvalue weighted by molar-refractivity contribution is 5.91. The number of methoxy groups -OCH3 is 5. The van der Waals surface area contributed by atoms with Crippen molar-refractivity contribution >= 4 is 17.3 Å². The highest BCUT2D eigenvalue weighted by Gasteiger charge is 2.14. The van der Waals surface area contributed by atoms with Crippen LogP contribution in [0.2, 0.25) is 0 Å². The van der Waals surface area contributed by atoms with Gasteiger partial charge in [-0.1, -0.05) is 0 Å². The maximum absolute atomic E-state index is 12.3. The summed E-state index contributed by atoms with van der Waals surface area (Å²) in [5, 5.41) is 6.01. The zero-order valence-corrected chi connectivity index (χ0v) is 16.8. The van der Waals surface area contributed by atoms with Crippen molar-refractivity contribution < 1.29 is 28.5 Å². The molecule has 0 aliphatic carbocycles. The molecular weight excluding hydrogens is 364 g/mol. The van der Waals surface area contributed by atoms with Crippen LogP contribution in [0.1, 0.15) is 6.42 Å². The molecule has 0 fully saturated rings. The van der Waals surface area contributed by atoms with E-state index in [4.69, 9.17) is 23.7 Å². The Labute approximate surface area is 164 Å². The van der Waals surface area contributed by atoms with E-state index in [1.807, 2.05) is 12.1 Å². The van der Waals surface area contributed by atoms with Crippen molar-refractivity contribution in [2.24, 2.45) is 0 Å². The first-order valence-electron chi connectivity index (χ1n) is 8.62. The van der Waals surface area contributed by atoms with Crippen LogP contribution in [0.25, 0.3) is 0 Å². The van der Waals surface area contributed by atoms with Crippen LogP contribution in [0.15, 0.2) is 30.3 Å². The normalized spacial score (nSPS) is 10.0. The molecule has 0 bridgehead atoms. The molecule has 0 radical (unpaired) electrons. The van der Waals surface area contributed by atoms with Gasteiger partial charge in [0.1, 0.15) is 11.5 Å². The molecule has 0 unspecified atom stereocenters. The number of ether oxygens (including phenoxy) is 5. The van der Waals surface area contributed by atoms with E-state index in [9.17, 15) is 4.79 Å². The maximum Gasteiger partial charge on any atom is 0.226 e. The Kier molecular flexibility index (Phi) is 7.62. The fourth-order valence-corrected chi connectivity index (χ4v) is 2.63. The molecule has 0 aromatic heterocycles. The third kappa shape index (κ3) is 5.12. The van der Waals surface area contributed by atoms with Gasteiger partial charge in [0.15, 0.2) is 11.5 Å². The van der Waals surface area contributed by atoms with E-state index >= 15 is 0 Å². The fraction of sp³-hybridized carbons (Fsp3) is 0.350. The number of hydrogen-bond acceptors (Lipinski definition) is 7. The Balaban J connectivity index is 1.98. The molecule has 0 aliphatic rings. The van der Waals surface area contributed by atoms with Gasteiger partial charge in [0.2, 0.25) is 11.7 Å². The lowest BCUT2D eigenvalue weighted by molar-refractivity contribution is -0.115. The fourth-order valence-electron chi connectivity index (χ4n) is 2.63. The van der Waals surface area contributed by atoms with Crippen molar-refractivity contribution in [3.8, 4) is 28.7 Å². The van der Waals surface area contributed by atoms with E-state index < -0.39 is 0 Å². The second-order valence-corrected chi connectivity index (χ2v) is 5.71. The number of hydrogen-bond donors (Lipinski definition) is 2. The second kappa shape index (κ2) is 10.1. The first-order chi connectivity index (χ1) is 13.6. The SMILES string of the molecule is COc1ccc(NCCC(=O)Nc2cc(OC)c(OC)c(OC)c2)c(OC)c1. The van der Waals surface area contributed by atoms with Crippen LogP contribution in [0.3, 0.4) is 0 Å². The van der Waals surface area contributed by atoms with Crippen molar-refractivity contribution in [3.05, 3.63) is 30.3 Å². The zero-order valence-electron chi connectivity index (χ0n) is 16.8. The van der Waals surface area contributed by atoms with Gasteiger partial charge in [0, 0.05) is 36.9 Å². The molecule has 8 heteroatoms. The molecule has 2 aromatic rings. The van der Waals surface area contributed by atoms with Gasteiger partial charge in [-0.2, -0.15) is 0 Å². The van der Waals surface area contributed by atoms with E-state index in [-0.39, 0.29) is 12.3 Å². The lowest BCUT2D eigenvalue weighted by Crippen LogP contribution is -2.16. The van der Waals surface area contributed by atoms with Crippen LogP contribution in [0.5, 0.6) is 28.7 Å². The second-order valence-electron chi connectivity index (χ2n) is 5.71. The topological polar surface area (TPSA) is 87.3 Å². The first-order valence-corrected chi connectivity index (χ1v) is 8.62. The zero-order chi connectivity index (χ0) is 20.5. The highest BCUT2D eigenvalue weighted by Crippen LogP contribution is 2.40. The Bertz CT molecular complexity index is 784. The Morgan fingerprint density at radius 2 is 1.46 bits per heavy atom. The predicted molar refractivity (Wildman–Crippen MR) is 107 cm³/mol. The van der Waals surface area contributed by atoms with Gasteiger partial charge in [0.05, 0.1) is 41.2 Å². The molecule has 0 saturated heterocycles. The molecule has 2 rings (SSSR count). The van der Waals surface area contributed by atoms with Crippen molar-refractivity contribution in [2.75, 3.05) is 52.7 Å². The molecule has 0 heterocycles. The van der Waals surface area contributed by atoms with E-state index in [0.717, 1.165) is 5.69 Å². The summed E-state index contributed by atoms with van der Waals surface area (Å²) in [6.45, 7) is 0.430. The molecule has 28 heavy (non-hydrogen) atoms. The summed E-state index contributed by atoms with van der Waals surface area (Å²) in [6, 6.07) is 8.80. The molecule has 2 N–H and O–H groups in total. The number of anilines is 2. The minimum atomic E-state index is -0.158. The number of carbonyl (C=O) groups excluding carboxylic acids is 1. The van der Waals surface area contributed by atoms with Crippen molar-refractivity contribution in [1.29, 1.82) is 0 Å². The van der Waals surface area contributed by atoms with Gasteiger partial charge < -0.3 is 34.3 Å². The standard InChI is InChI=1S/C20H26N2O6/c1-24-14-6-7-15(16(12-14)25-2)21-9-8-19(23)22-13-10-17(26-3)20(28-5)18(11-13)27-4/h6-7,10-12,21H,8-9H2,1-5H3,(H,22,23). The molecule has 0 spiro atoms. The largest absolute Gasteiger partial charge is 0.497 e. The summed E-state index contributed by atoms with van der Waals surface area (Å²) in [4.78, 5) is 12.3. The number of nitrogens with one attached hydrogen (secondary N) is 2. The van der Waals surface area contributed by atoms with Gasteiger partial charge in [-0.25, -0.2) is 0 Å². The number of amides is 1. The van der Waals surface area contributed by atoms with E-state index in [2.05, 4.69) is 10.6 Å². The third-order valence-electron chi connectivity index (χ3n) is 4.02. The van der Waals surface area contributed by atoms with Crippen LogP contribution in [0, 0.1) is 0 Å². The van der Waals surface area contributed by atoms with E-state index in [1.54, 1.807) is 32.4 Å². The van der Waals surface area contributed by atoms with Crippen LogP contribution in [0.4, 0.5) is 11.4 Å². The summed E-state index contributed by atoms with van der Waals surface area (Å²) in [5.74, 6) is 2.59. The quantitative estimate of drug-likeness (QED) is 0.644. The highest BCUT2D eigenvalue weighted by atomic mass is 16.5. The molecule has 0 aliphatic heterocycles. The van der Waals surface area contributed by atoms with Crippen molar-refractivity contribution in [1.82, 2.24) is 0 Å². The first kappa shape index (κ1) is 21.0. The monoisotopic (exact) mass is 390 g/mol. The molecule has 8 nitrogen and oxygen atoms in total. The molecule has 0 atom stereocenters. The molecule has 2 aromatic carbocycles. The van der Waals surface area contributed by atoms with Crippen LogP contribution in [-0.4, -0.2) is 48.0 Å². The number of rotatable bonds is 10. The maximum atomic E-state index is 12.3. The summed E-state index contributed by atoms with van der Waals surface area (Å²) in [5.41, 5.74) is 1.34. The number of benzene rings is 2. The van der Waals surface area contributed by atoms with Crippen molar-refractivity contribution in [3.63, 3.8) is 0 Å². The summed E-state index contributed by atoms with van der Waals surface area (Å²) >= 11 is 0. The van der Waals surface area contributed by atoms with Gasteiger partial charge in [-0.05, 0) is 12.1 Å². The Morgan fingerprint density at radius 1 is 0.821 bits per heavy atom. The third-order valence-corrected chi connectivity index (χ3v) is 4.02. The lowest BCUT2D eigenvalue weighted by Gasteiger charge is -2.15. The van der Waals surface area contributed by atoms with E-state index in [0.29, 0.717) is 41.0 Å². The molecule has 152 valence electrons. The molecular formula is C20H26N2O6. The molecule has 1 amide bonds. The predicted octanol–water partition coefficient (Wildman–Crippen LogP) is 3.17. The summed E-state index contributed by atoms with van der Waals surface area (Å²) in [7, 11) is 7.74. The minimum Gasteiger partial charge on any atom is -0.497 e. The van der Waals surface area contributed by atoms with Gasteiger partial charge >= 0.3 is 0 Å². The van der Waals surface area contributed by atoms with Crippen LogP contribution >= 0.6 is 0 Å². The van der Waals surface area contributed by atoms with E-state index in [1.165, 1.54) is 21.3 Å². The average molecular weight is 390 g/mol. The lowest BCUT2D eigenvalue weighted by atomic mass is 10.2. The average Bonchev–Trinajstić information content (AvgIpc) is 2.72. The minimum absolute atomic E-state index is 0.158. The summed E-state index contributed by atoms with van der Waals surface area (Å²) < 4.78 is 26.4. The Hall–Kier alpha value is -3.29. The van der Waals surface area contributed by atoms with Crippen molar-refractivity contribution in [2.45, 2.75) is 6.42 Å². The number of carbonyl (C=O) groups is 1. The van der Waals surface area contributed by atoms with Gasteiger partial charge in [0.25, 0.3) is 0 Å². The Morgan fingerprint density at radius 3 is 2.00 bits per heavy atom. The van der Waals surface area contributed by atoms with Gasteiger partial charge in [-0.15, -0.1) is 0 Å². The van der Waals surface area contributed by atoms with Crippen LogP contribution in [-0.2, 0) is 4.79 Å². The summed E-state index contributed by atoms with van der Waals surface area (Å²) in [6.07, 6.45) is 0.256. The smallest absolute Gasteiger partial charge is 0.226 e.